The highest BCUT2D eigenvalue weighted by Crippen LogP contribution is 2.28. The van der Waals surface area contributed by atoms with E-state index in [1.165, 1.54) is 5.56 Å². The van der Waals surface area contributed by atoms with Crippen LogP contribution in [0, 0.1) is 0 Å². The Balaban J connectivity index is 2.16. The first kappa shape index (κ1) is 16.5. The van der Waals surface area contributed by atoms with E-state index in [1.54, 1.807) is 16.4 Å². The van der Waals surface area contributed by atoms with E-state index in [1.807, 2.05) is 12.1 Å². The van der Waals surface area contributed by atoms with Crippen molar-refractivity contribution < 1.29 is 8.42 Å². The maximum atomic E-state index is 12.8. The standard InChI is InChI=1S/C16H26N2O2S/c1-2-5-14-8-10-16(11-9-14)21(19,20)18-13-4-7-15(18)6-3-12-17/h8-11,15H,2-7,12-13,17H2,1H3. The van der Waals surface area contributed by atoms with Crippen LogP contribution in [0.25, 0.3) is 0 Å². The van der Waals surface area contributed by atoms with Crippen molar-refractivity contribution in [2.75, 3.05) is 13.1 Å². The summed E-state index contributed by atoms with van der Waals surface area (Å²) in [6.07, 6.45) is 5.70. The van der Waals surface area contributed by atoms with Crippen molar-refractivity contribution in [3.63, 3.8) is 0 Å². The summed E-state index contributed by atoms with van der Waals surface area (Å²) in [5.74, 6) is 0. The summed E-state index contributed by atoms with van der Waals surface area (Å²) in [5.41, 5.74) is 6.74. The van der Waals surface area contributed by atoms with Crippen LogP contribution in [0.1, 0.15) is 44.6 Å². The van der Waals surface area contributed by atoms with Gasteiger partial charge in [-0.3, -0.25) is 0 Å². The molecule has 1 heterocycles. The summed E-state index contributed by atoms with van der Waals surface area (Å²) in [5, 5.41) is 0. The Morgan fingerprint density at radius 3 is 2.62 bits per heavy atom. The summed E-state index contributed by atoms with van der Waals surface area (Å²) in [7, 11) is -3.36. The number of nitrogens with two attached hydrogens (primary N) is 1. The van der Waals surface area contributed by atoms with Crippen LogP contribution in [0.15, 0.2) is 29.2 Å². The van der Waals surface area contributed by atoms with E-state index in [-0.39, 0.29) is 6.04 Å². The van der Waals surface area contributed by atoms with Crippen LogP contribution < -0.4 is 5.73 Å². The quantitative estimate of drug-likeness (QED) is 0.841. The van der Waals surface area contributed by atoms with Gasteiger partial charge in [-0.1, -0.05) is 25.5 Å². The lowest BCUT2D eigenvalue weighted by Gasteiger charge is -2.24. The monoisotopic (exact) mass is 310 g/mol. The van der Waals surface area contributed by atoms with Gasteiger partial charge in [-0.05, 0) is 56.3 Å². The number of sulfonamides is 1. The Morgan fingerprint density at radius 1 is 1.29 bits per heavy atom. The Morgan fingerprint density at radius 2 is 2.00 bits per heavy atom. The number of benzene rings is 1. The predicted octanol–water partition coefficient (Wildman–Crippen LogP) is 2.53. The Hall–Kier alpha value is -0.910. The molecule has 1 atom stereocenters. The largest absolute Gasteiger partial charge is 0.330 e. The molecule has 2 N–H and O–H groups in total. The van der Waals surface area contributed by atoms with E-state index in [0.717, 1.165) is 38.5 Å². The first-order chi connectivity index (χ1) is 10.1. The van der Waals surface area contributed by atoms with Crippen LogP contribution in [-0.4, -0.2) is 31.9 Å². The van der Waals surface area contributed by atoms with Crippen molar-refractivity contribution >= 4 is 10.0 Å². The fourth-order valence-corrected chi connectivity index (χ4v) is 4.74. The van der Waals surface area contributed by atoms with Gasteiger partial charge in [0.15, 0.2) is 0 Å². The van der Waals surface area contributed by atoms with Gasteiger partial charge >= 0.3 is 0 Å². The molecule has 4 nitrogen and oxygen atoms in total. The molecule has 2 rings (SSSR count). The van der Waals surface area contributed by atoms with Crippen molar-refractivity contribution in [1.82, 2.24) is 4.31 Å². The molecule has 1 aliphatic rings. The molecule has 0 aliphatic carbocycles. The molecule has 1 aromatic rings. The van der Waals surface area contributed by atoms with Crippen LogP contribution >= 0.6 is 0 Å². The third kappa shape index (κ3) is 3.84. The van der Waals surface area contributed by atoms with Gasteiger partial charge < -0.3 is 5.73 Å². The van der Waals surface area contributed by atoms with E-state index in [4.69, 9.17) is 5.73 Å². The fraction of sp³-hybridized carbons (Fsp3) is 0.625. The Kier molecular flexibility index (Phi) is 5.79. The molecule has 1 aliphatic heterocycles. The minimum atomic E-state index is -3.36. The van der Waals surface area contributed by atoms with Crippen LogP contribution in [0.3, 0.4) is 0 Å². The first-order valence-electron chi connectivity index (χ1n) is 7.90. The van der Waals surface area contributed by atoms with Gasteiger partial charge in [0.05, 0.1) is 4.90 Å². The van der Waals surface area contributed by atoms with Gasteiger partial charge in [-0.15, -0.1) is 0 Å². The highest BCUT2D eigenvalue weighted by molar-refractivity contribution is 7.89. The second kappa shape index (κ2) is 7.38. The minimum absolute atomic E-state index is 0.119. The number of hydrogen-bond donors (Lipinski definition) is 1. The zero-order valence-corrected chi connectivity index (χ0v) is 13.6. The van der Waals surface area contributed by atoms with Gasteiger partial charge in [0.1, 0.15) is 0 Å². The molecule has 0 aromatic heterocycles. The SMILES string of the molecule is CCCc1ccc(S(=O)(=O)N2CCCC2CCCN)cc1. The van der Waals surface area contributed by atoms with E-state index in [0.29, 0.717) is 18.0 Å². The first-order valence-corrected chi connectivity index (χ1v) is 9.34. The molecular weight excluding hydrogens is 284 g/mol. The smallest absolute Gasteiger partial charge is 0.243 e. The van der Waals surface area contributed by atoms with E-state index in [9.17, 15) is 8.42 Å². The van der Waals surface area contributed by atoms with Gasteiger partial charge in [0.25, 0.3) is 0 Å². The number of aryl methyl sites for hydroxylation is 1. The van der Waals surface area contributed by atoms with Gasteiger partial charge in [0.2, 0.25) is 10.0 Å². The van der Waals surface area contributed by atoms with Crippen LogP contribution in [0.5, 0.6) is 0 Å². The molecule has 0 bridgehead atoms. The van der Waals surface area contributed by atoms with Crippen molar-refractivity contribution in [2.45, 2.75) is 56.4 Å². The highest BCUT2D eigenvalue weighted by Gasteiger charge is 2.34. The predicted molar refractivity (Wildman–Crippen MR) is 85.6 cm³/mol. The Bertz CT molecular complexity index is 540. The average molecular weight is 310 g/mol. The molecule has 5 heteroatoms. The molecule has 118 valence electrons. The second-order valence-electron chi connectivity index (χ2n) is 5.74. The zero-order valence-electron chi connectivity index (χ0n) is 12.8. The topological polar surface area (TPSA) is 63.4 Å². The molecule has 21 heavy (non-hydrogen) atoms. The summed E-state index contributed by atoms with van der Waals surface area (Å²) in [4.78, 5) is 0.419. The molecule has 0 amide bonds. The van der Waals surface area contributed by atoms with Crippen molar-refractivity contribution in [1.29, 1.82) is 0 Å². The molecule has 0 radical (unpaired) electrons. The second-order valence-corrected chi connectivity index (χ2v) is 7.63. The number of rotatable bonds is 7. The molecule has 1 aromatic carbocycles. The van der Waals surface area contributed by atoms with Crippen LogP contribution in [0.2, 0.25) is 0 Å². The maximum absolute atomic E-state index is 12.8. The summed E-state index contributed by atoms with van der Waals surface area (Å²) >= 11 is 0. The lowest BCUT2D eigenvalue weighted by molar-refractivity contribution is 0.365. The van der Waals surface area contributed by atoms with Crippen molar-refractivity contribution in [2.24, 2.45) is 5.73 Å². The molecule has 0 saturated carbocycles. The molecule has 1 saturated heterocycles. The van der Waals surface area contributed by atoms with Gasteiger partial charge in [-0.2, -0.15) is 4.31 Å². The van der Waals surface area contributed by atoms with E-state index >= 15 is 0 Å². The Labute approximate surface area is 128 Å². The molecule has 0 spiro atoms. The lowest BCUT2D eigenvalue weighted by atomic mass is 10.1. The summed E-state index contributed by atoms with van der Waals surface area (Å²) in [6, 6.07) is 7.48. The number of hydrogen-bond acceptors (Lipinski definition) is 3. The number of nitrogens with zero attached hydrogens (tertiary/aromatic N) is 1. The average Bonchev–Trinajstić information content (AvgIpc) is 2.95. The van der Waals surface area contributed by atoms with Gasteiger partial charge in [-0.25, -0.2) is 8.42 Å². The third-order valence-electron chi connectivity index (χ3n) is 4.13. The molecular formula is C16H26N2O2S. The summed E-state index contributed by atoms with van der Waals surface area (Å²) in [6.45, 7) is 3.38. The third-order valence-corrected chi connectivity index (χ3v) is 6.10. The summed E-state index contributed by atoms with van der Waals surface area (Å²) < 4.78 is 27.2. The lowest BCUT2D eigenvalue weighted by Crippen LogP contribution is -2.35. The molecule has 1 unspecified atom stereocenters. The minimum Gasteiger partial charge on any atom is -0.330 e. The van der Waals surface area contributed by atoms with Crippen LogP contribution in [-0.2, 0) is 16.4 Å². The normalized spacial score (nSPS) is 20.0. The fourth-order valence-electron chi connectivity index (χ4n) is 3.02. The van der Waals surface area contributed by atoms with Crippen molar-refractivity contribution in [3.8, 4) is 0 Å². The van der Waals surface area contributed by atoms with Gasteiger partial charge in [0, 0.05) is 12.6 Å². The van der Waals surface area contributed by atoms with E-state index in [2.05, 4.69) is 6.92 Å². The van der Waals surface area contributed by atoms with Crippen LogP contribution in [0.4, 0.5) is 0 Å². The maximum Gasteiger partial charge on any atom is 0.243 e. The molecule has 1 fully saturated rings. The zero-order chi connectivity index (χ0) is 15.3. The highest BCUT2D eigenvalue weighted by atomic mass is 32.2. The van der Waals surface area contributed by atoms with Crippen molar-refractivity contribution in [3.05, 3.63) is 29.8 Å². The van der Waals surface area contributed by atoms with E-state index < -0.39 is 10.0 Å².